The molecular formula is C39H72NaO8P. The van der Waals surface area contributed by atoms with Crippen LogP contribution in [0.1, 0.15) is 194 Å². The number of carbonyl (C=O) groups excluding carboxylic acids is 2. The number of esters is 2. The zero-order valence-electron chi connectivity index (χ0n) is 31.9. The number of unbranched alkanes of at least 4 members (excludes halogenated alkanes) is 22. The van der Waals surface area contributed by atoms with Crippen molar-refractivity contribution in [1.29, 1.82) is 0 Å². The van der Waals surface area contributed by atoms with Crippen LogP contribution < -0.4 is 34.5 Å². The summed E-state index contributed by atoms with van der Waals surface area (Å²) in [4.78, 5) is 44.6. The predicted octanol–water partition coefficient (Wildman–Crippen LogP) is 8.00. The van der Waals surface area contributed by atoms with E-state index in [9.17, 15) is 19.0 Å². The molecule has 0 aliphatic carbocycles. The third-order valence-electron chi connectivity index (χ3n) is 8.47. The van der Waals surface area contributed by atoms with Crippen LogP contribution in [0.3, 0.4) is 0 Å². The Balaban J connectivity index is 0. The summed E-state index contributed by atoms with van der Waals surface area (Å²) in [6.45, 7) is 3.56. The van der Waals surface area contributed by atoms with Crippen LogP contribution >= 0.6 is 7.82 Å². The van der Waals surface area contributed by atoms with E-state index in [1.165, 1.54) is 103 Å². The van der Waals surface area contributed by atoms with Gasteiger partial charge in [-0.2, -0.15) is 0 Å². The molecule has 0 aliphatic rings. The molecule has 0 amide bonds. The van der Waals surface area contributed by atoms with Gasteiger partial charge in [-0.15, -0.1) is 0 Å². The van der Waals surface area contributed by atoms with Crippen molar-refractivity contribution in [3.8, 4) is 0 Å². The van der Waals surface area contributed by atoms with E-state index in [2.05, 4.69) is 42.7 Å². The maximum absolute atomic E-state index is 12.3. The van der Waals surface area contributed by atoms with E-state index >= 15 is 0 Å². The maximum Gasteiger partial charge on any atom is 1.00 e. The Kier molecular flexibility index (Phi) is 40.0. The molecule has 8 nitrogen and oxygen atoms in total. The topological polar surface area (TPSA) is 122 Å². The summed E-state index contributed by atoms with van der Waals surface area (Å²) >= 11 is 0. The Labute approximate surface area is 322 Å². The normalized spacial score (nSPS) is 13.4. The van der Waals surface area contributed by atoms with Crippen molar-refractivity contribution in [2.24, 2.45) is 0 Å². The summed E-state index contributed by atoms with van der Waals surface area (Å²) in [5.74, 6) is -0.930. The minimum absolute atomic E-state index is 0. The summed E-state index contributed by atoms with van der Waals surface area (Å²) in [6.07, 6.45) is 38.7. The van der Waals surface area contributed by atoms with Gasteiger partial charge in [0, 0.05) is 12.8 Å². The Hall–Kier alpha value is -0.470. The molecule has 0 saturated carbocycles. The first kappa shape index (κ1) is 50.6. The first-order valence-corrected chi connectivity index (χ1v) is 21.1. The largest absolute Gasteiger partial charge is 1.00 e. The fraction of sp³-hybridized carbons (Fsp3) is 0.846. The average Bonchev–Trinajstić information content (AvgIpc) is 3.05. The zero-order valence-corrected chi connectivity index (χ0v) is 34.7. The summed E-state index contributed by atoms with van der Waals surface area (Å²) < 4.78 is 26.0. The molecule has 0 aromatic rings. The zero-order chi connectivity index (χ0) is 35.4. The minimum atomic E-state index is -5.00. The molecule has 10 heteroatoms. The van der Waals surface area contributed by atoms with Gasteiger partial charge < -0.3 is 23.8 Å². The molecule has 0 bridgehead atoms. The molecule has 1 unspecified atom stereocenters. The van der Waals surface area contributed by atoms with Crippen LogP contribution in [0.2, 0.25) is 0 Å². The smallest absolute Gasteiger partial charge is 0.756 e. The molecule has 0 fully saturated rings. The second-order valence-electron chi connectivity index (χ2n) is 13.2. The fourth-order valence-electron chi connectivity index (χ4n) is 5.52. The van der Waals surface area contributed by atoms with Crippen LogP contribution in [0.25, 0.3) is 0 Å². The number of rotatable bonds is 36. The van der Waals surface area contributed by atoms with E-state index in [-0.39, 0.29) is 49.0 Å². The molecule has 0 aromatic heterocycles. The second kappa shape index (κ2) is 38.8. The van der Waals surface area contributed by atoms with Crippen molar-refractivity contribution >= 4 is 19.8 Å². The van der Waals surface area contributed by atoms with Crippen LogP contribution in [0.4, 0.5) is 0 Å². The monoisotopic (exact) mass is 722 g/mol. The van der Waals surface area contributed by atoms with Gasteiger partial charge in [-0.1, -0.05) is 160 Å². The van der Waals surface area contributed by atoms with Crippen LogP contribution in [-0.4, -0.2) is 36.1 Å². The number of hydrogen-bond donors (Lipinski definition) is 1. The number of carbonyl (C=O) groups is 2. The van der Waals surface area contributed by atoms with Gasteiger partial charge in [0.05, 0.1) is 6.61 Å². The van der Waals surface area contributed by atoms with Crippen molar-refractivity contribution in [2.75, 3.05) is 13.2 Å². The quantitative estimate of drug-likeness (QED) is 0.0227. The van der Waals surface area contributed by atoms with E-state index in [1.54, 1.807) is 0 Å². The molecule has 282 valence electrons. The molecule has 0 saturated heterocycles. The van der Waals surface area contributed by atoms with Crippen molar-refractivity contribution in [3.05, 3.63) is 24.3 Å². The third kappa shape index (κ3) is 41.8. The van der Waals surface area contributed by atoms with E-state index in [1.807, 2.05) is 0 Å². The number of ether oxygens (including phenoxy) is 2. The fourth-order valence-corrected chi connectivity index (χ4v) is 5.87. The summed E-state index contributed by atoms with van der Waals surface area (Å²) in [5.41, 5.74) is 0. The standard InChI is InChI=1S/C39H73O8P.Na/c1-3-5-7-9-11-13-15-17-19-21-23-25-27-29-31-33-38(40)45-35-37(36-46-48(42,43)44)47-39(41)34-32-30-28-26-24-22-20-18-16-14-12-10-8-6-4-2;/h12,14,18,20,37H,3-11,13,15-17,19,21-36H2,1-2H3,(H2,42,43,44);/q;+1/p-1/b14-12-,20-18-;/t37-;/m1./s1. The molecule has 49 heavy (non-hydrogen) atoms. The van der Waals surface area contributed by atoms with Crippen LogP contribution in [0.15, 0.2) is 24.3 Å². The molecule has 0 aliphatic heterocycles. The van der Waals surface area contributed by atoms with Gasteiger partial charge in [0.2, 0.25) is 0 Å². The third-order valence-corrected chi connectivity index (χ3v) is 8.94. The molecule has 0 heterocycles. The molecule has 1 N–H and O–H groups in total. The van der Waals surface area contributed by atoms with Gasteiger partial charge in [-0.25, -0.2) is 0 Å². The first-order valence-electron chi connectivity index (χ1n) is 19.6. The van der Waals surface area contributed by atoms with E-state index < -0.39 is 32.5 Å². The number of allylic oxidation sites excluding steroid dienone is 4. The summed E-state index contributed by atoms with van der Waals surface area (Å²) in [5, 5.41) is 0. The molecule has 2 atom stereocenters. The maximum atomic E-state index is 12.3. The molecule has 0 rings (SSSR count). The van der Waals surface area contributed by atoms with Crippen molar-refractivity contribution in [1.82, 2.24) is 0 Å². The van der Waals surface area contributed by atoms with Gasteiger partial charge in [-0.05, 0) is 44.9 Å². The first-order chi connectivity index (χ1) is 23.3. The SMILES string of the molecule is CCCCC/C=C\C/C=C\CCCCCCCC(=O)O[C@H](COC(=O)CCCCCCCCCCCCCCCCC)COP(=O)([O-])O.[Na+]. The average molecular weight is 723 g/mol. The molecule has 0 spiro atoms. The van der Waals surface area contributed by atoms with Gasteiger partial charge in [0.1, 0.15) is 6.61 Å². The molecule has 0 radical (unpaired) electrons. The Bertz CT molecular complexity index is 845. The summed E-state index contributed by atoms with van der Waals surface area (Å²) in [6, 6.07) is 0. The predicted molar refractivity (Wildman–Crippen MR) is 196 cm³/mol. The van der Waals surface area contributed by atoms with Crippen LogP contribution in [0, 0.1) is 0 Å². The number of phosphoric acid groups is 1. The number of hydrogen-bond acceptors (Lipinski definition) is 7. The summed E-state index contributed by atoms with van der Waals surface area (Å²) in [7, 11) is -5.00. The number of phosphoric ester groups is 1. The molecular weight excluding hydrogens is 650 g/mol. The van der Waals surface area contributed by atoms with Gasteiger partial charge in [-0.3, -0.25) is 14.2 Å². The van der Waals surface area contributed by atoms with E-state index in [0.29, 0.717) is 6.42 Å². The Morgan fingerprint density at radius 2 is 0.980 bits per heavy atom. The second-order valence-corrected chi connectivity index (χ2v) is 14.4. The van der Waals surface area contributed by atoms with Crippen molar-refractivity contribution in [2.45, 2.75) is 200 Å². The van der Waals surface area contributed by atoms with Crippen LogP contribution in [-0.2, 0) is 28.2 Å². The van der Waals surface area contributed by atoms with Gasteiger partial charge >= 0.3 is 41.5 Å². The minimum Gasteiger partial charge on any atom is -0.756 e. The Morgan fingerprint density at radius 3 is 1.45 bits per heavy atom. The van der Waals surface area contributed by atoms with Crippen LogP contribution in [0.5, 0.6) is 0 Å². The molecule has 0 aromatic carbocycles. The Morgan fingerprint density at radius 1 is 0.592 bits per heavy atom. The van der Waals surface area contributed by atoms with Gasteiger partial charge in [0.25, 0.3) is 7.82 Å². The van der Waals surface area contributed by atoms with Gasteiger partial charge in [0.15, 0.2) is 6.10 Å². The van der Waals surface area contributed by atoms with Crippen molar-refractivity contribution in [3.63, 3.8) is 0 Å². The van der Waals surface area contributed by atoms with E-state index in [4.69, 9.17) is 14.4 Å². The van der Waals surface area contributed by atoms with E-state index in [0.717, 1.165) is 57.8 Å². The van der Waals surface area contributed by atoms with Crippen molar-refractivity contribution < 1.29 is 67.5 Å².